The molecular formula is C21H28N7O17P3. The fraction of sp³-hybridized carbons (Fsp3) is 0.476. The molecule has 10 atom stereocenters. The van der Waals surface area contributed by atoms with Crippen LogP contribution >= 0.6 is 23.5 Å². The average Bonchev–Trinajstić information content (AvgIpc) is 3.64. The molecule has 10 N–H and O–H groups in total. The number of carbonyl (C=O) groups excluding carboxylic acids is 1. The number of phosphoric ester groups is 3. The Bertz CT molecular complexity index is 1870. The van der Waals surface area contributed by atoms with E-state index in [1.807, 2.05) is 0 Å². The Morgan fingerprint density at radius 3 is 2.44 bits per heavy atom. The number of carbonyl (C=O) groups is 1. The molecule has 0 aliphatic carbocycles. The molecule has 2 aliphatic rings. The largest absolute Gasteiger partial charge is 0.756 e. The number of aliphatic hydroxyl groups excluding tert-OH is 3. The third-order valence-electron chi connectivity index (χ3n) is 6.90. The molecule has 2 aliphatic heterocycles. The minimum Gasteiger partial charge on any atom is -0.756 e. The summed E-state index contributed by atoms with van der Waals surface area (Å²) in [5, 5.41) is 31.5. The number of pyridine rings is 1. The number of nitrogens with zero attached hydrogens (tertiary/aromatic N) is 5. The summed E-state index contributed by atoms with van der Waals surface area (Å²) in [5.41, 5.74) is 10.7. The summed E-state index contributed by atoms with van der Waals surface area (Å²) in [6, 6.07) is 0.906. The van der Waals surface area contributed by atoms with Crippen LogP contribution in [0.15, 0.2) is 37.2 Å². The summed E-state index contributed by atoms with van der Waals surface area (Å²) in [7, 11) is -16.7. The molecule has 5 heterocycles. The third kappa shape index (κ3) is 8.12. The topological polar surface area (TPSA) is 368 Å². The van der Waals surface area contributed by atoms with Crippen molar-refractivity contribution >= 4 is 46.4 Å². The number of hydrogen-bond donors (Lipinski definition) is 8. The highest BCUT2D eigenvalue weighted by Crippen LogP contribution is 2.58. The number of hydrogen-bond acceptors (Lipinski definition) is 18. The molecule has 5 rings (SSSR count). The Hall–Kier alpha value is -2.86. The maximum atomic E-state index is 12.5. The van der Waals surface area contributed by atoms with Crippen molar-refractivity contribution < 1.29 is 86.7 Å². The zero-order valence-electron chi connectivity index (χ0n) is 24.8. The minimum atomic E-state index is -5.76. The van der Waals surface area contributed by atoms with Gasteiger partial charge in [-0.25, -0.2) is 28.4 Å². The van der Waals surface area contributed by atoms with Crippen LogP contribution in [0.1, 0.15) is 24.2 Å². The van der Waals surface area contributed by atoms with E-state index in [0.717, 1.165) is 34.1 Å². The number of aromatic nitrogens is 5. The lowest BCUT2D eigenvalue weighted by Crippen LogP contribution is -2.46. The number of primary amides is 1. The van der Waals surface area contributed by atoms with Crippen molar-refractivity contribution in [2.45, 2.75) is 49.1 Å². The van der Waals surface area contributed by atoms with Crippen LogP contribution in [-0.4, -0.2) is 105 Å². The van der Waals surface area contributed by atoms with E-state index < -0.39 is 91.7 Å². The number of nitrogens with two attached hydrogens (primary N) is 2. The Labute approximate surface area is 269 Å². The van der Waals surface area contributed by atoms with Crippen molar-refractivity contribution in [3.8, 4) is 0 Å². The molecule has 0 radical (unpaired) electrons. The van der Waals surface area contributed by atoms with Gasteiger partial charge in [0, 0.05) is 6.07 Å². The van der Waals surface area contributed by atoms with E-state index in [4.69, 9.17) is 22.3 Å². The van der Waals surface area contributed by atoms with E-state index in [2.05, 4.69) is 32.8 Å². The lowest BCUT2D eigenvalue weighted by Gasteiger charge is -2.26. The summed E-state index contributed by atoms with van der Waals surface area (Å²) in [5.74, 6) is -1.04. The van der Waals surface area contributed by atoms with Gasteiger partial charge in [-0.3, -0.25) is 23.0 Å². The molecule has 24 nitrogen and oxygen atoms in total. The van der Waals surface area contributed by atoms with Crippen molar-refractivity contribution in [2.75, 3.05) is 18.9 Å². The van der Waals surface area contributed by atoms with Gasteiger partial charge >= 0.3 is 15.6 Å². The number of aliphatic hydroxyl groups is 3. The van der Waals surface area contributed by atoms with Crippen LogP contribution in [-0.2, 0) is 41.1 Å². The first-order chi connectivity index (χ1) is 22.8. The maximum absolute atomic E-state index is 12.5. The zero-order chi connectivity index (χ0) is 36.1. The monoisotopic (exact) mass is 744 g/mol. The molecule has 264 valence electrons. The predicted molar refractivity (Wildman–Crippen MR) is 148 cm³/mol. The first kappa shape index (κ1) is 35.0. The highest BCUT2D eigenvalue weighted by Gasteiger charge is 2.51. The van der Waals surface area contributed by atoms with Crippen LogP contribution in [0.2, 0.25) is 0 Å². The molecule has 0 saturated carbocycles. The fourth-order valence-corrected chi connectivity index (χ4v) is 7.36. The molecule has 2 saturated heterocycles. The van der Waals surface area contributed by atoms with Gasteiger partial charge in [0.1, 0.15) is 47.9 Å². The van der Waals surface area contributed by atoms with Crippen LogP contribution in [0.5, 0.6) is 0 Å². The van der Waals surface area contributed by atoms with E-state index in [0.29, 0.717) is 0 Å². The van der Waals surface area contributed by atoms with Crippen LogP contribution in [0, 0.1) is 0 Å². The van der Waals surface area contributed by atoms with E-state index in [-0.39, 0.29) is 28.6 Å². The summed E-state index contributed by atoms with van der Waals surface area (Å²) >= 11 is 0. The van der Waals surface area contributed by atoms with Crippen molar-refractivity contribution in [2.24, 2.45) is 5.73 Å². The van der Waals surface area contributed by atoms with Gasteiger partial charge in [-0.15, -0.1) is 0 Å². The second kappa shape index (κ2) is 13.8. The Morgan fingerprint density at radius 1 is 1.06 bits per heavy atom. The summed E-state index contributed by atoms with van der Waals surface area (Å²) in [6.07, 6.45) is -9.21. The molecule has 1 amide bonds. The number of amides is 1. The van der Waals surface area contributed by atoms with Gasteiger partial charge in [-0.2, -0.15) is 4.57 Å². The Kier molecular flexibility index (Phi) is 10.1. The SMILES string of the molecule is [2H]c1cc[n+]([C@@H]2O[C@H](COP(=O)([O-])OP(=O)(O)OC[C@H]3O[C@@H](n4cnc5c(N)ncnc54)[C@H](OP(=O)(O)O)[C@@H]3O)[C@@H](O)[C@H]2O)cc1C(N)=O. The van der Waals surface area contributed by atoms with E-state index in [1.165, 1.54) is 6.20 Å². The van der Waals surface area contributed by atoms with E-state index >= 15 is 0 Å². The first-order valence-electron chi connectivity index (χ1n) is 13.7. The summed E-state index contributed by atoms with van der Waals surface area (Å²) in [6.45, 7) is -2.17. The molecule has 0 spiro atoms. The lowest BCUT2D eigenvalue weighted by atomic mass is 10.1. The normalized spacial score (nSPS) is 30.6. The van der Waals surface area contributed by atoms with Crippen molar-refractivity contribution in [3.05, 3.63) is 42.7 Å². The molecule has 2 fully saturated rings. The number of rotatable bonds is 13. The number of imidazole rings is 1. The zero-order valence-corrected chi connectivity index (χ0v) is 26.5. The number of ether oxygens (including phenoxy) is 2. The first-order valence-corrected chi connectivity index (χ1v) is 17.7. The maximum Gasteiger partial charge on any atom is 0.478 e. The number of anilines is 1. The number of phosphoric acid groups is 3. The molecule has 0 bridgehead atoms. The molecule has 48 heavy (non-hydrogen) atoms. The molecular weight excluding hydrogens is 715 g/mol. The van der Waals surface area contributed by atoms with E-state index in [1.54, 1.807) is 0 Å². The predicted octanol–water partition coefficient (Wildman–Crippen LogP) is -3.53. The van der Waals surface area contributed by atoms with Gasteiger partial charge in [0.2, 0.25) is 0 Å². The molecule has 3 aromatic heterocycles. The second-order valence-electron chi connectivity index (χ2n) is 10.1. The van der Waals surface area contributed by atoms with Gasteiger partial charge in [-0.05, 0) is 6.04 Å². The van der Waals surface area contributed by atoms with Crippen molar-refractivity contribution in [3.63, 3.8) is 0 Å². The number of fused-ring (bicyclic) bond motifs is 1. The molecule has 2 unspecified atom stereocenters. The fourth-order valence-electron chi connectivity index (χ4n) is 4.76. The van der Waals surface area contributed by atoms with Crippen molar-refractivity contribution in [1.82, 2.24) is 19.5 Å². The lowest BCUT2D eigenvalue weighted by molar-refractivity contribution is -0.765. The van der Waals surface area contributed by atoms with Crippen LogP contribution < -0.4 is 20.9 Å². The smallest absolute Gasteiger partial charge is 0.478 e. The van der Waals surface area contributed by atoms with Gasteiger partial charge < -0.3 is 60.4 Å². The Morgan fingerprint density at radius 2 is 1.75 bits per heavy atom. The van der Waals surface area contributed by atoms with Gasteiger partial charge in [-0.1, -0.05) is 0 Å². The average molecular weight is 744 g/mol. The van der Waals surface area contributed by atoms with Gasteiger partial charge in [0.15, 0.2) is 36.2 Å². The highest BCUT2D eigenvalue weighted by atomic mass is 31.3. The highest BCUT2D eigenvalue weighted by molar-refractivity contribution is 7.60. The minimum absolute atomic E-state index is 0.0128. The number of nitrogen functional groups attached to an aromatic ring is 1. The summed E-state index contributed by atoms with van der Waals surface area (Å²) < 4.78 is 75.5. The molecule has 27 heteroatoms. The van der Waals surface area contributed by atoms with Gasteiger partial charge in [0.25, 0.3) is 20.0 Å². The van der Waals surface area contributed by atoms with Crippen LogP contribution in [0.25, 0.3) is 11.2 Å². The van der Waals surface area contributed by atoms with Crippen LogP contribution in [0.3, 0.4) is 0 Å². The second-order valence-corrected chi connectivity index (χ2v) is 14.3. The third-order valence-corrected chi connectivity index (χ3v) is 9.98. The van der Waals surface area contributed by atoms with Crippen LogP contribution in [0.4, 0.5) is 5.82 Å². The summed E-state index contributed by atoms with van der Waals surface area (Å²) in [4.78, 5) is 64.5. The standard InChI is InChI=1S/C21H28N7O17P3/c22-17-12-19(25-7-24-17)28(8-26-12)21-16(44-46(33,34)35)14(30)11(43-21)6-41-48(38,39)45-47(36,37)40-5-10-13(29)15(31)20(42-10)27-3-1-2-9(4-27)18(23)32/h1-4,7-8,10-11,13-16,20-21,29-31H,5-6H2,(H7-,22,23,24,25,32,33,34,35,36,37,38,39)/t10-,11-,13-,14-,15-,16-,20-,21-/m1/s1/i2D. The van der Waals surface area contributed by atoms with E-state index in [9.17, 15) is 53.4 Å². The van der Waals surface area contributed by atoms with Gasteiger partial charge in [0.05, 0.1) is 20.9 Å². The molecule has 3 aromatic rings. The van der Waals surface area contributed by atoms with Crippen molar-refractivity contribution in [1.29, 1.82) is 0 Å². The Balaban J connectivity index is 1.21. The molecule has 0 aromatic carbocycles. The quantitative estimate of drug-likeness (QED) is 0.0620.